The van der Waals surface area contributed by atoms with Gasteiger partial charge < -0.3 is 5.32 Å². The SMILES string of the molecule is [CH2]C(C)N[C@H](C)c1ccccc1. The Balaban J connectivity index is 2.59. The Hall–Kier alpha value is -0.820. The minimum Gasteiger partial charge on any atom is -0.308 e. The average molecular weight is 162 g/mol. The topological polar surface area (TPSA) is 12.0 Å². The summed E-state index contributed by atoms with van der Waals surface area (Å²) in [4.78, 5) is 0. The predicted octanol–water partition coefficient (Wildman–Crippen LogP) is 2.56. The van der Waals surface area contributed by atoms with Gasteiger partial charge in [-0.2, -0.15) is 0 Å². The quantitative estimate of drug-likeness (QED) is 0.720. The normalized spacial score (nSPS) is 13.3. The second-order valence-electron chi connectivity index (χ2n) is 3.20. The van der Waals surface area contributed by atoms with Crippen LogP contribution in [0.3, 0.4) is 0 Å². The molecule has 0 saturated heterocycles. The largest absolute Gasteiger partial charge is 0.308 e. The molecule has 0 amide bonds. The van der Waals surface area contributed by atoms with Gasteiger partial charge in [-0.3, -0.25) is 0 Å². The standard InChI is InChI=1S/C11H16N/c1-9(2)12-10(3)11-7-5-4-6-8-11/h4-10,12H,1H2,2-3H3/t9?,10-/m1/s1. The van der Waals surface area contributed by atoms with E-state index in [1.165, 1.54) is 5.56 Å². The predicted molar refractivity (Wildman–Crippen MR) is 52.8 cm³/mol. The van der Waals surface area contributed by atoms with Crippen LogP contribution < -0.4 is 5.32 Å². The average Bonchev–Trinajstić information content (AvgIpc) is 2.05. The molecule has 1 aromatic rings. The molecule has 0 aliphatic rings. The Kier molecular flexibility index (Phi) is 3.30. The van der Waals surface area contributed by atoms with E-state index in [2.05, 4.69) is 50.4 Å². The zero-order valence-electron chi connectivity index (χ0n) is 7.75. The van der Waals surface area contributed by atoms with Crippen molar-refractivity contribution in [2.75, 3.05) is 0 Å². The van der Waals surface area contributed by atoms with Crippen molar-refractivity contribution in [1.29, 1.82) is 0 Å². The molecule has 1 aromatic carbocycles. The van der Waals surface area contributed by atoms with E-state index in [0.717, 1.165) is 0 Å². The fraction of sp³-hybridized carbons (Fsp3) is 0.364. The molecule has 0 fully saturated rings. The summed E-state index contributed by atoms with van der Waals surface area (Å²) in [6, 6.07) is 11.1. The molecule has 1 heteroatoms. The zero-order valence-corrected chi connectivity index (χ0v) is 7.75. The lowest BCUT2D eigenvalue weighted by Gasteiger charge is -2.16. The molecule has 12 heavy (non-hydrogen) atoms. The molecule has 0 saturated carbocycles. The van der Waals surface area contributed by atoms with Gasteiger partial charge in [0.1, 0.15) is 0 Å². The summed E-state index contributed by atoms with van der Waals surface area (Å²) in [5, 5.41) is 3.35. The summed E-state index contributed by atoms with van der Waals surface area (Å²) in [7, 11) is 0. The van der Waals surface area contributed by atoms with Crippen LogP contribution in [0.4, 0.5) is 0 Å². The lowest BCUT2D eigenvalue weighted by atomic mass is 10.1. The summed E-state index contributed by atoms with van der Waals surface area (Å²) >= 11 is 0. The second-order valence-corrected chi connectivity index (χ2v) is 3.20. The van der Waals surface area contributed by atoms with Gasteiger partial charge in [-0.25, -0.2) is 0 Å². The van der Waals surface area contributed by atoms with Crippen LogP contribution in [0.25, 0.3) is 0 Å². The highest BCUT2D eigenvalue weighted by molar-refractivity contribution is 5.18. The maximum atomic E-state index is 3.89. The van der Waals surface area contributed by atoms with E-state index >= 15 is 0 Å². The Labute approximate surface area is 74.8 Å². The zero-order chi connectivity index (χ0) is 8.97. The number of benzene rings is 1. The van der Waals surface area contributed by atoms with Crippen LogP contribution in [0.15, 0.2) is 30.3 Å². The van der Waals surface area contributed by atoms with E-state index in [9.17, 15) is 0 Å². The molecule has 65 valence electrons. The third-order valence-electron chi connectivity index (χ3n) is 1.83. The second kappa shape index (κ2) is 4.27. The van der Waals surface area contributed by atoms with E-state index in [0.29, 0.717) is 12.1 Å². The molecule has 0 aromatic heterocycles. The van der Waals surface area contributed by atoms with Crippen molar-refractivity contribution < 1.29 is 0 Å². The number of hydrogen-bond acceptors (Lipinski definition) is 1. The van der Waals surface area contributed by atoms with E-state index < -0.39 is 0 Å². The van der Waals surface area contributed by atoms with Crippen LogP contribution in [0, 0.1) is 6.92 Å². The molecule has 1 unspecified atom stereocenters. The monoisotopic (exact) mass is 162 g/mol. The fourth-order valence-corrected chi connectivity index (χ4v) is 1.26. The third kappa shape index (κ3) is 2.67. The summed E-state index contributed by atoms with van der Waals surface area (Å²) in [5.41, 5.74) is 1.31. The van der Waals surface area contributed by atoms with Crippen molar-refractivity contribution in [2.24, 2.45) is 0 Å². The van der Waals surface area contributed by atoms with Gasteiger partial charge >= 0.3 is 0 Å². The van der Waals surface area contributed by atoms with Crippen molar-refractivity contribution in [3.8, 4) is 0 Å². The maximum Gasteiger partial charge on any atom is 0.0294 e. The number of rotatable bonds is 3. The molecule has 1 rings (SSSR count). The smallest absolute Gasteiger partial charge is 0.0294 e. The molecule has 0 heterocycles. The van der Waals surface area contributed by atoms with Crippen molar-refractivity contribution in [3.63, 3.8) is 0 Å². The van der Waals surface area contributed by atoms with Gasteiger partial charge in [0.15, 0.2) is 0 Å². The van der Waals surface area contributed by atoms with Crippen molar-refractivity contribution >= 4 is 0 Å². The maximum absolute atomic E-state index is 3.89. The first-order valence-corrected chi connectivity index (χ1v) is 4.34. The van der Waals surface area contributed by atoms with Gasteiger partial charge in [-0.15, -0.1) is 0 Å². The molecule has 1 nitrogen and oxygen atoms in total. The molecule has 1 N–H and O–H groups in total. The van der Waals surface area contributed by atoms with Gasteiger partial charge in [-0.1, -0.05) is 30.3 Å². The fourth-order valence-electron chi connectivity index (χ4n) is 1.26. The molecular formula is C11H16N. The summed E-state index contributed by atoms with van der Waals surface area (Å²) in [6.07, 6.45) is 0. The Bertz CT molecular complexity index is 216. The molecule has 0 aliphatic carbocycles. The minimum absolute atomic E-state index is 0.292. The Morgan fingerprint density at radius 1 is 1.17 bits per heavy atom. The van der Waals surface area contributed by atoms with Gasteiger partial charge in [-0.05, 0) is 26.3 Å². The first-order valence-electron chi connectivity index (χ1n) is 4.34. The Morgan fingerprint density at radius 2 is 1.75 bits per heavy atom. The van der Waals surface area contributed by atoms with E-state index in [-0.39, 0.29) is 0 Å². The third-order valence-corrected chi connectivity index (χ3v) is 1.83. The number of nitrogens with one attached hydrogen (secondary N) is 1. The van der Waals surface area contributed by atoms with Gasteiger partial charge in [0.25, 0.3) is 0 Å². The first kappa shape index (κ1) is 9.27. The highest BCUT2D eigenvalue weighted by Gasteiger charge is 2.04. The number of hydrogen-bond donors (Lipinski definition) is 1. The van der Waals surface area contributed by atoms with Gasteiger partial charge in [0.2, 0.25) is 0 Å². The van der Waals surface area contributed by atoms with Crippen molar-refractivity contribution in [1.82, 2.24) is 5.32 Å². The first-order chi connectivity index (χ1) is 5.70. The molecule has 0 bridgehead atoms. The molecule has 1 radical (unpaired) electrons. The molecular weight excluding hydrogens is 146 g/mol. The lowest BCUT2D eigenvalue weighted by molar-refractivity contribution is 0.534. The van der Waals surface area contributed by atoms with Crippen LogP contribution in [0.1, 0.15) is 25.5 Å². The van der Waals surface area contributed by atoms with Gasteiger partial charge in [0, 0.05) is 12.1 Å². The van der Waals surface area contributed by atoms with Crippen LogP contribution in [0.5, 0.6) is 0 Å². The van der Waals surface area contributed by atoms with E-state index in [4.69, 9.17) is 0 Å². The van der Waals surface area contributed by atoms with E-state index in [1.807, 2.05) is 6.07 Å². The van der Waals surface area contributed by atoms with Crippen LogP contribution >= 0.6 is 0 Å². The highest BCUT2D eigenvalue weighted by Crippen LogP contribution is 2.11. The van der Waals surface area contributed by atoms with Gasteiger partial charge in [0.05, 0.1) is 0 Å². The van der Waals surface area contributed by atoms with Crippen molar-refractivity contribution in [2.45, 2.75) is 25.9 Å². The van der Waals surface area contributed by atoms with Crippen LogP contribution in [0.2, 0.25) is 0 Å². The molecule has 0 aliphatic heterocycles. The molecule has 2 atom stereocenters. The van der Waals surface area contributed by atoms with E-state index in [1.54, 1.807) is 0 Å². The molecule has 0 spiro atoms. The van der Waals surface area contributed by atoms with Crippen LogP contribution in [-0.4, -0.2) is 6.04 Å². The minimum atomic E-state index is 0.292. The lowest BCUT2D eigenvalue weighted by Crippen LogP contribution is -2.26. The van der Waals surface area contributed by atoms with Crippen molar-refractivity contribution in [3.05, 3.63) is 42.8 Å². The Morgan fingerprint density at radius 3 is 2.25 bits per heavy atom. The highest BCUT2D eigenvalue weighted by atomic mass is 14.9. The summed E-state index contributed by atoms with van der Waals surface area (Å²) in [5.74, 6) is 0. The summed E-state index contributed by atoms with van der Waals surface area (Å²) < 4.78 is 0. The summed E-state index contributed by atoms with van der Waals surface area (Å²) in [6.45, 7) is 8.10. The van der Waals surface area contributed by atoms with Crippen LogP contribution in [-0.2, 0) is 0 Å².